The summed E-state index contributed by atoms with van der Waals surface area (Å²) >= 11 is 0. The number of pyridine rings is 1. The fourth-order valence-corrected chi connectivity index (χ4v) is 4.45. The lowest BCUT2D eigenvalue weighted by Crippen LogP contribution is -2.49. The van der Waals surface area contributed by atoms with Crippen molar-refractivity contribution in [3.63, 3.8) is 0 Å². The second-order valence-electron chi connectivity index (χ2n) is 8.31. The van der Waals surface area contributed by atoms with Gasteiger partial charge in [-0.2, -0.15) is 5.10 Å². The van der Waals surface area contributed by atoms with Crippen LogP contribution in [0.15, 0.2) is 79.0 Å². The monoisotopic (exact) mass is 453 g/mol. The molecule has 2 aromatic carbocycles. The number of rotatable bonds is 5. The Labute approximate surface area is 199 Å². The summed E-state index contributed by atoms with van der Waals surface area (Å²) in [5.41, 5.74) is 3.71. The van der Waals surface area contributed by atoms with E-state index in [4.69, 9.17) is 9.84 Å². The Kier molecular flexibility index (Phi) is 5.99. The fourth-order valence-electron chi connectivity index (χ4n) is 4.45. The number of anilines is 1. The minimum atomic E-state index is -0.0104. The number of nitrogens with zero attached hydrogens (tertiary/aromatic N) is 5. The number of ether oxygens (including phenoxy) is 1. The van der Waals surface area contributed by atoms with Gasteiger partial charge in [-0.25, -0.2) is 9.67 Å². The van der Waals surface area contributed by atoms with Crippen LogP contribution in [-0.4, -0.2) is 51.8 Å². The molecule has 1 aliphatic rings. The van der Waals surface area contributed by atoms with Gasteiger partial charge in [0, 0.05) is 32.4 Å². The Morgan fingerprint density at radius 1 is 0.853 bits per heavy atom. The average Bonchev–Trinajstić information content (AvgIpc) is 3.19. The first-order valence-electron chi connectivity index (χ1n) is 11.5. The highest BCUT2D eigenvalue weighted by Crippen LogP contribution is 2.29. The number of carbonyl (C=O) groups is 1. The summed E-state index contributed by atoms with van der Waals surface area (Å²) < 4.78 is 7.90. The lowest BCUT2D eigenvalue weighted by molar-refractivity contribution is 0.0744. The molecule has 0 aliphatic carbocycles. The number of para-hydroxylation sites is 2. The van der Waals surface area contributed by atoms with Crippen molar-refractivity contribution < 1.29 is 9.53 Å². The van der Waals surface area contributed by atoms with Gasteiger partial charge in [0.1, 0.15) is 11.5 Å². The molecule has 0 atom stereocenters. The quantitative estimate of drug-likeness (QED) is 0.441. The zero-order valence-electron chi connectivity index (χ0n) is 19.4. The van der Waals surface area contributed by atoms with Crippen LogP contribution in [0, 0.1) is 13.8 Å². The van der Waals surface area contributed by atoms with E-state index < -0.39 is 0 Å². The molecule has 1 amide bonds. The zero-order valence-corrected chi connectivity index (χ0v) is 19.4. The van der Waals surface area contributed by atoms with E-state index in [1.54, 1.807) is 6.20 Å². The van der Waals surface area contributed by atoms with Crippen LogP contribution in [0.4, 0.5) is 5.69 Å². The number of amides is 1. The van der Waals surface area contributed by atoms with Crippen molar-refractivity contribution in [3.8, 4) is 17.3 Å². The van der Waals surface area contributed by atoms with Crippen LogP contribution in [0.5, 0.6) is 11.5 Å². The Morgan fingerprint density at radius 3 is 2.29 bits per heavy atom. The zero-order chi connectivity index (χ0) is 23.5. The van der Waals surface area contributed by atoms with E-state index in [-0.39, 0.29) is 5.91 Å². The molecule has 0 unspecified atom stereocenters. The maximum Gasteiger partial charge on any atom is 0.257 e. The van der Waals surface area contributed by atoms with Crippen molar-refractivity contribution in [2.45, 2.75) is 13.8 Å². The van der Waals surface area contributed by atoms with Gasteiger partial charge >= 0.3 is 0 Å². The largest absolute Gasteiger partial charge is 0.457 e. The smallest absolute Gasteiger partial charge is 0.257 e. The number of hydrogen-bond acceptors (Lipinski definition) is 5. The molecule has 2 aromatic heterocycles. The molecule has 7 heteroatoms. The number of aromatic nitrogens is 3. The van der Waals surface area contributed by atoms with Crippen molar-refractivity contribution in [2.24, 2.45) is 0 Å². The summed E-state index contributed by atoms with van der Waals surface area (Å²) in [6, 6.07) is 22.8. The van der Waals surface area contributed by atoms with E-state index in [0.717, 1.165) is 36.0 Å². The summed E-state index contributed by atoms with van der Waals surface area (Å²) in [7, 11) is 0. The molecule has 7 nitrogen and oxygen atoms in total. The Bertz CT molecular complexity index is 1280. The topological polar surface area (TPSA) is 63.5 Å². The Morgan fingerprint density at radius 2 is 1.56 bits per heavy atom. The molecule has 4 aromatic rings. The van der Waals surface area contributed by atoms with Gasteiger partial charge in [0.2, 0.25) is 0 Å². The van der Waals surface area contributed by atoms with Crippen LogP contribution in [0.2, 0.25) is 0 Å². The number of piperazine rings is 1. The molecule has 1 saturated heterocycles. The van der Waals surface area contributed by atoms with E-state index in [0.29, 0.717) is 30.2 Å². The van der Waals surface area contributed by atoms with E-state index in [1.165, 1.54) is 0 Å². The maximum absolute atomic E-state index is 13.4. The third-order valence-electron chi connectivity index (χ3n) is 6.09. The average molecular weight is 454 g/mol. The molecule has 0 spiro atoms. The number of hydrogen-bond donors (Lipinski definition) is 0. The van der Waals surface area contributed by atoms with E-state index in [9.17, 15) is 4.79 Å². The van der Waals surface area contributed by atoms with Crippen LogP contribution < -0.4 is 9.64 Å². The molecule has 1 aliphatic heterocycles. The Balaban J connectivity index is 1.30. The van der Waals surface area contributed by atoms with Gasteiger partial charge in [-0.3, -0.25) is 4.79 Å². The van der Waals surface area contributed by atoms with Crippen molar-refractivity contribution in [2.75, 3.05) is 31.1 Å². The van der Waals surface area contributed by atoms with Crippen molar-refractivity contribution >= 4 is 11.6 Å². The molecular weight excluding hydrogens is 426 g/mol. The van der Waals surface area contributed by atoms with Crippen LogP contribution in [-0.2, 0) is 0 Å². The van der Waals surface area contributed by atoms with Gasteiger partial charge in [-0.1, -0.05) is 36.4 Å². The lowest BCUT2D eigenvalue weighted by Gasteiger charge is -2.36. The highest BCUT2D eigenvalue weighted by Gasteiger charge is 2.27. The first-order chi connectivity index (χ1) is 16.6. The van der Waals surface area contributed by atoms with E-state index in [2.05, 4.69) is 16.8 Å². The molecule has 5 rings (SSSR count). The summed E-state index contributed by atoms with van der Waals surface area (Å²) in [5.74, 6) is 2.08. The first-order valence-corrected chi connectivity index (χ1v) is 11.5. The molecule has 34 heavy (non-hydrogen) atoms. The van der Waals surface area contributed by atoms with Crippen LogP contribution in [0.3, 0.4) is 0 Å². The third kappa shape index (κ3) is 4.24. The summed E-state index contributed by atoms with van der Waals surface area (Å²) in [5, 5.41) is 4.72. The molecular formula is C27H27N5O2. The molecule has 0 radical (unpaired) electrons. The third-order valence-corrected chi connectivity index (χ3v) is 6.09. The highest BCUT2D eigenvalue weighted by atomic mass is 16.5. The fraction of sp³-hybridized carbons (Fsp3) is 0.222. The summed E-state index contributed by atoms with van der Waals surface area (Å²) in [6.07, 6.45) is 1.77. The van der Waals surface area contributed by atoms with E-state index in [1.807, 2.05) is 89.3 Å². The van der Waals surface area contributed by atoms with Crippen LogP contribution >= 0.6 is 0 Å². The van der Waals surface area contributed by atoms with Gasteiger partial charge < -0.3 is 14.5 Å². The van der Waals surface area contributed by atoms with Crippen molar-refractivity contribution in [3.05, 3.63) is 95.9 Å². The Hall–Kier alpha value is -4.13. The van der Waals surface area contributed by atoms with Gasteiger partial charge in [0.15, 0.2) is 5.82 Å². The molecule has 3 heterocycles. The number of carbonyl (C=O) groups excluding carboxylic acids is 1. The highest BCUT2D eigenvalue weighted by molar-refractivity contribution is 5.97. The van der Waals surface area contributed by atoms with Gasteiger partial charge in [0.25, 0.3) is 5.91 Å². The molecule has 1 fully saturated rings. The normalized spacial score (nSPS) is 13.7. The summed E-state index contributed by atoms with van der Waals surface area (Å²) in [6.45, 7) is 6.83. The molecule has 172 valence electrons. The second kappa shape index (κ2) is 9.39. The standard InChI is InChI=1S/C27H27N5O2/c1-20-26(21(2)32(29-20)25-14-8-9-15-28-25)30-16-18-31(19-17-30)27(33)23-12-6-7-13-24(23)34-22-10-4-3-5-11-22/h3-15H,16-19H2,1-2H3. The van der Waals surface area contributed by atoms with Gasteiger partial charge in [0.05, 0.1) is 22.6 Å². The minimum absolute atomic E-state index is 0.0104. The minimum Gasteiger partial charge on any atom is -0.457 e. The molecule has 0 N–H and O–H groups in total. The van der Waals surface area contributed by atoms with Crippen molar-refractivity contribution in [1.82, 2.24) is 19.7 Å². The molecule has 0 bridgehead atoms. The number of benzene rings is 2. The van der Waals surface area contributed by atoms with Gasteiger partial charge in [-0.05, 0) is 50.2 Å². The predicted molar refractivity (Wildman–Crippen MR) is 132 cm³/mol. The van der Waals surface area contributed by atoms with Crippen LogP contribution in [0.1, 0.15) is 21.7 Å². The van der Waals surface area contributed by atoms with Crippen LogP contribution in [0.25, 0.3) is 5.82 Å². The van der Waals surface area contributed by atoms with Crippen molar-refractivity contribution in [1.29, 1.82) is 0 Å². The summed E-state index contributed by atoms with van der Waals surface area (Å²) in [4.78, 5) is 22.0. The second-order valence-corrected chi connectivity index (χ2v) is 8.31. The lowest BCUT2D eigenvalue weighted by atomic mass is 10.1. The molecule has 0 saturated carbocycles. The van der Waals surface area contributed by atoms with Gasteiger partial charge in [-0.15, -0.1) is 0 Å². The predicted octanol–water partition coefficient (Wildman–Crippen LogP) is 4.64. The van der Waals surface area contributed by atoms with E-state index >= 15 is 0 Å². The SMILES string of the molecule is Cc1nn(-c2ccccn2)c(C)c1N1CCN(C(=O)c2ccccc2Oc2ccccc2)CC1. The first kappa shape index (κ1) is 21.7. The maximum atomic E-state index is 13.4. The number of aryl methyl sites for hydroxylation is 1.